The van der Waals surface area contributed by atoms with Gasteiger partial charge in [-0.2, -0.15) is 0 Å². The van der Waals surface area contributed by atoms with Crippen molar-refractivity contribution >= 4 is 11.9 Å². The highest BCUT2D eigenvalue weighted by atomic mass is 16.5. The molecule has 1 amide bonds. The molecule has 2 aliphatic heterocycles. The second-order valence-corrected chi connectivity index (χ2v) is 6.08. The Morgan fingerprint density at radius 2 is 2.33 bits per heavy atom. The van der Waals surface area contributed by atoms with Crippen LogP contribution in [0.1, 0.15) is 32.6 Å². The third-order valence-corrected chi connectivity index (χ3v) is 4.85. The van der Waals surface area contributed by atoms with E-state index >= 15 is 0 Å². The van der Waals surface area contributed by atoms with Gasteiger partial charge in [-0.1, -0.05) is 19.1 Å². The number of β-lactam (4-membered cyclic amide) rings is 1. The average Bonchev–Trinajstić information content (AvgIpc) is 2.75. The summed E-state index contributed by atoms with van der Waals surface area (Å²) in [5.74, 6) is -0.755. The first-order chi connectivity index (χ1) is 10.1. The zero-order valence-corrected chi connectivity index (χ0v) is 12.2. The molecule has 4 atom stereocenters. The molecular weight excluding hydrogens is 270 g/mol. The molecule has 1 saturated heterocycles. The Labute approximate surface area is 124 Å². The highest BCUT2D eigenvalue weighted by molar-refractivity contribution is 6.00. The van der Waals surface area contributed by atoms with E-state index in [-0.39, 0.29) is 30.4 Å². The van der Waals surface area contributed by atoms with Gasteiger partial charge in [-0.05, 0) is 31.8 Å². The Kier molecular flexibility index (Phi) is 3.61. The van der Waals surface area contributed by atoms with Gasteiger partial charge in [0.15, 0.2) is 0 Å². The smallest absolute Gasteiger partial charge is 0.355 e. The van der Waals surface area contributed by atoms with E-state index in [2.05, 4.69) is 6.58 Å². The van der Waals surface area contributed by atoms with Crippen LogP contribution in [0.15, 0.2) is 23.9 Å². The molecule has 114 valence electrons. The minimum absolute atomic E-state index is 0.0564. The van der Waals surface area contributed by atoms with Gasteiger partial charge in [0, 0.05) is 5.92 Å². The monoisotopic (exact) mass is 291 g/mol. The van der Waals surface area contributed by atoms with Crippen molar-refractivity contribution in [2.45, 2.75) is 44.8 Å². The summed E-state index contributed by atoms with van der Waals surface area (Å²) in [7, 11) is 0. The third kappa shape index (κ3) is 2.02. The molecule has 1 N–H and O–H groups in total. The number of carbonyl (C=O) groups is 2. The third-order valence-electron chi connectivity index (χ3n) is 4.85. The van der Waals surface area contributed by atoms with Crippen LogP contribution in [-0.2, 0) is 14.3 Å². The van der Waals surface area contributed by atoms with E-state index in [0.717, 1.165) is 31.3 Å². The number of hydrogen-bond donors (Lipinski definition) is 1. The molecule has 3 rings (SSSR count). The van der Waals surface area contributed by atoms with Crippen molar-refractivity contribution < 1.29 is 19.4 Å². The van der Waals surface area contributed by atoms with Crippen LogP contribution in [0.4, 0.5) is 0 Å². The predicted molar refractivity (Wildman–Crippen MR) is 75.9 cm³/mol. The Morgan fingerprint density at radius 1 is 1.57 bits per heavy atom. The van der Waals surface area contributed by atoms with Gasteiger partial charge in [0.2, 0.25) is 5.91 Å². The van der Waals surface area contributed by atoms with Gasteiger partial charge >= 0.3 is 5.97 Å². The summed E-state index contributed by atoms with van der Waals surface area (Å²) < 4.78 is 5.15. The number of hydrogen-bond acceptors (Lipinski definition) is 4. The van der Waals surface area contributed by atoms with Crippen molar-refractivity contribution in [1.29, 1.82) is 0 Å². The number of amides is 1. The lowest BCUT2D eigenvalue weighted by atomic mass is 9.72. The van der Waals surface area contributed by atoms with Crippen LogP contribution in [0, 0.1) is 11.8 Å². The maximum atomic E-state index is 12.3. The number of rotatable bonds is 4. The van der Waals surface area contributed by atoms with E-state index in [4.69, 9.17) is 4.74 Å². The molecule has 3 aliphatic rings. The van der Waals surface area contributed by atoms with E-state index < -0.39 is 12.1 Å². The fourth-order valence-electron chi connectivity index (χ4n) is 4.01. The van der Waals surface area contributed by atoms with Gasteiger partial charge in [0.1, 0.15) is 12.3 Å². The molecule has 0 aromatic rings. The molecule has 1 saturated carbocycles. The van der Waals surface area contributed by atoms with Gasteiger partial charge < -0.3 is 14.7 Å². The summed E-state index contributed by atoms with van der Waals surface area (Å²) in [6.07, 6.45) is 4.81. The lowest BCUT2D eigenvalue weighted by Gasteiger charge is -2.47. The fraction of sp³-hybridized carbons (Fsp3) is 0.625. The van der Waals surface area contributed by atoms with Gasteiger partial charge in [0.05, 0.1) is 18.1 Å². The van der Waals surface area contributed by atoms with Crippen molar-refractivity contribution in [3.05, 3.63) is 23.9 Å². The number of fused-ring (bicyclic) bond motifs is 3. The Bertz CT molecular complexity index is 522. The molecule has 0 radical (unpaired) electrons. The van der Waals surface area contributed by atoms with Crippen LogP contribution >= 0.6 is 0 Å². The minimum Gasteiger partial charge on any atom is -0.457 e. The molecule has 1 aliphatic carbocycles. The summed E-state index contributed by atoms with van der Waals surface area (Å²) in [6, 6.07) is -0.0564. The van der Waals surface area contributed by atoms with Crippen LogP contribution in [0.3, 0.4) is 0 Å². The van der Waals surface area contributed by atoms with E-state index in [0.29, 0.717) is 5.70 Å². The second-order valence-electron chi connectivity index (χ2n) is 6.08. The largest absolute Gasteiger partial charge is 0.457 e. The van der Waals surface area contributed by atoms with Crippen molar-refractivity contribution in [3.63, 3.8) is 0 Å². The lowest BCUT2D eigenvalue weighted by Crippen LogP contribution is -2.64. The Morgan fingerprint density at radius 3 is 3.00 bits per heavy atom. The molecule has 1 unspecified atom stereocenters. The first kappa shape index (κ1) is 14.3. The normalized spacial score (nSPS) is 32.2. The van der Waals surface area contributed by atoms with Crippen LogP contribution in [0.2, 0.25) is 0 Å². The zero-order valence-electron chi connectivity index (χ0n) is 12.2. The SMILES string of the molecule is C=CCOC(=O)C1=C2CCCC[C@H]2[C@@H]2[C@@H](C(C)O)C(=O)N12. The number of esters is 1. The quantitative estimate of drug-likeness (QED) is 0.483. The van der Waals surface area contributed by atoms with Crippen molar-refractivity contribution in [3.8, 4) is 0 Å². The van der Waals surface area contributed by atoms with Crippen molar-refractivity contribution in [1.82, 2.24) is 4.90 Å². The first-order valence-electron chi connectivity index (χ1n) is 7.60. The Balaban J connectivity index is 1.92. The summed E-state index contributed by atoms with van der Waals surface area (Å²) in [4.78, 5) is 26.2. The van der Waals surface area contributed by atoms with E-state index in [9.17, 15) is 14.7 Å². The average molecular weight is 291 g/mol. The molecule has 5 heteroatoms. The highest BCUT2D eigenvalue weighted by Gasteiger charge is 2.61. The van der Waals surface area contributed by atoms with Gasteiger partial charge in [-0.3, -0.25) is 4.79 Å². The molecule has 2 fully saturated rings. The summed E-state index contributed by atoms with van der Waals surface area (Å²) in [6.45, 7) is 5.33. The molecule has 0 bridgehead atoms. The lowest BCUT2D eigenvalue weighted by molar-refractivity contribution is -0.164. The Hall–Kier alpha value is -1.62. The minimum atomic E-state index is -0.675. The van der Waals surface area contributed by atoms with E-state index in [1.807, 2.05) is 0 Å². The van der Waals surface area contributed by atoms with Crippen LogP contribution in [-0.4, -0.2) is 40.6 Å². The van der Waals surface area contributed by atoms with Crippen LogP contribution in [0.5, 0.6) is 0 Å². The molecule has 5 nitrogen and oxygen atoms in total. The summed E-state index contributed by atoms with van der Waals surface area (Å²) in [5.41, 5.74) is 1.49. The number of nitrogens with zero attached hydrogens (tertiary/aromatic N) is 1. The van der Waals surface area contributed by atoms with Crippen molar-refractivity contribution in [2.75, 3.05) is 6.61 Å². The highest BCUT2D eigenvalue weighted by Crippen LogP contribution is 2.52. The molecule has 0 aromatic carbocycles. The zero-order chi connectivity index (χ0) is 15.1. The predicted octanol–water partition coefficient (Wildman–Crippen LogP) is 1.38. The molecule has 0 aromatic heterocycles. The molecule has 21 heavy (non-hydrogen) atoms. The topological polar surface area (TPSA) is 66.8 Å². The maximum absolute atomic E-state index is 12.3. The fourth-order valence-corrected chi connectivity index (χ4v) is 4.01. The summed E-state index contributed by atoms with van der Waals surface area (Å²) in [5, 5.41) is 9.85. The maximum Gasteiger partial charge on any atom is 0.355 e. The summed E-state index contributed by atoms with van der Waals surface area (Å²) >= 11 is 0. The number of aliphatic hydroxyl groups excluding tert-OH is 1. The number of aliphatic hydroxyl groups is 1. The van der Waals surface area contributed by atoms with Gasteiger partial charge in [0.25, 0.3) is 0 Å². The molecular formula is C16H21NO4. The van der Waals surface area contributed by atoms with Gasteiger partial charge in [-0.15, -0.1) is 0 Å². The van der Waals surface area contributed by atoms with E-state index in [1.54, 1.807) is 11.8 Å². The second kappa shape index (κ2) is 5.30. The van der Waals surface area contributed by atoms with Crippen LogP contribution in [0.25, 0.3) is 0 Å². The number of ether oxygens (including phenoxy) is 1. The first-order valence-corrected chi connectivity index (χ1v) is 7.60. The van der Waals surface area contributed by atoms with Crippen molar-refractivity contribution in [2.24, 2.45) is 11.8 Å². The molecule has 2 heterocycles. The van der Waals surface area contributed by atoms with Gasteiger partial charge in [-0.25, -0.2) is 4.79 Å². The van der Waals surface area contributed by atoms with Crippen LogP contribution < -0.4 is 0 Å². The van der Waals surface area contributed by atoms with E-state index in [1.165, 1.54) is 6.08 Å². The standard InChI is InChI=1S/C16H21NO4/c1-3-8-21-16(20)14-11-7-5-4-6-10(11)13-12(9(2)18)15(19)17(13)14/h3,9-10,12-13,18H,1,4-8H2,2H3/t9?,10-,12-,13-/m1/s1. The molecule has 0 spiro atoms. The number of carbonyl (C=O) groups excluding carboxylic acids is 2.